The molecule has 108 valence electrons. The van der Waals surface area contributed by atoms with Crippen molar-refractivity contribution in [3.8, 4) is 0 Å². The van der Waals surface area contributed by atoms with Crippen LogP contribution >= 0.6 is 0 Å². The third-order valence-electron chi connectivity index (χ3n) is 4.60. The smallest absolute Gasteiger partial charge is 0.138 e. The van der Waals surface area contributed by atoms with Crippen LogP contribution in [0, 0.1) is 19.8 Å². The molecule has 2 heterocycles. The Bertz CT molecular complexity index is 410. The summed E-state index contributed by atoms with van der Waals surface area (Å²) >= 11 is 0. The summed E-state index contributed by atoms with van der Waals surface area (Å²) in [5.41, 5.74) is 2.23. The van der Waals surface area contributed by atoms with E-state index >= 15 is 0 Å². The van der Waals surface area contributed by atoms with Crippen molar-refractivity contribution in [1.82, 2.24) is 15.4 Å². The largest absolute Gasteiger partial charge is 0.361 e. The third kappa shape index (κ3) is 3.00. The predicted octanol–water partition coefficient (Wildman–Crippen LogP) is 2.67. The molecule has 0 aliphatic carbocycles. The second-order valence-corrected chi connectivity index (χ2v) is 6.23. The van der Waals surface area contributed by atoms with Gasteiger partial charge in [-0.3, -0.25) is 0 Å². The summed E-state index contributed by atoms with van der Waals surface area (Å²) in [6, 6.07) is 1.51. The van der Waals surface area contributed by atoms with Crippen LogP contribution < -0.4 is 5.32 Å². The van der Waals surface area contributed by atoms with Gasteiger partial charge in [0, 0.05) is 30.2 Å². The molecular formula is C15H27N3O. The molecule has 4 atom stereocenters. The van der Waals surface area contributed by atoms with Crippen molar-refractivity contribution in [2.75, 3.05) is 13.6 Å². The first-order valence-corrected chi connectivity index (χ1v) is 7.29. The zero-order chi connectivity index (χ0) is 14.2. The van der Waals surface area contributed by atoms with E-state index in [4.69, 9.17) is 4.52 Å². The fraction of sp³-hybridized carbons (Fsp3) is 0.800. The molecule has 19 heavy (non-hydrogen) atoms. The summed E-state index contributed by atoms with van der Waals surface area (Å²) in [4.78, 5) is 2.45. The summed E-state index contributed by atoms with van der Waals surface area (Å²) in [7, 11) is 2.22. The van der Waals surface area contributed by atoms with Gasteiger partial charge in [-0.2, -0.15) is 0 Å². The van der Waals surface area contributed by atoms with E-state index in [1.165, 1.54) is 12.0 Å². The molecule has 0 bridgehead atoms. The normalized spacial score (nSPS) is 30.5. The topological polar surface area (TPSA) is 41.3 Å². The highest BCUT2D eigenvalue weighted by Gasteiger charge is 2.30. The van der Waals surface area contributed by atoms with Crippen LogP contribution in [-0.2, 0) is 0 Å². The first-order valence-electron chi connectivity index (χ1n) is 7.29. The molecule has 1 fully saturated rings. The number of aromatic nitrogens is 1. The Morgan fingerprint density at radius 2 is 2.05 bits per heavy atom. The second-order valence-electron chi connectivity index (χ2n) is 6.23. The Morgan fingerprint density at radius 3 is 2.63 bits per heavy atom. The van der Waals surface area contributed by atoms with Crippen molar-refractivity contribution in [3.05, 3.63) is 17.0 Å². The third-order valence-corrected chi connectivity index (χ3v) is 4.60. The van der Waals surface area contributed by atoms with Gasteiger partial charge >= 0.3 is 0 Å². The van der Waals surface area contributed by atoms with E-state index < -0.39 is 0 Å². The Balaban J connectivity index is 2.05. The van der Waals surface area contributed by atoms with Gasteiger partial charge in [-0.05, 0) is 47.1 Å². The van der Waals surface area contributed by atoms with Crippen LogP contribution in [0.2, 0.25) is 0 Å². The van der Waals surface area contributed by atoms with Gasteiger partial charge in [0.25, 0.3) is 0 Å². The van der Waals surface area contributed by atoms with E-state index in [2.05, 4.69) is 43.2 Å². The minimum absolute atomic E-state index is 0.300. The van der Waals surface area contributed by atoms with Crippen LogP contribution in [0.4, 0.5) is 0 Å². The lowest BCUT2D eigenvalue weighted by Crippen LogP contribution is -2.51. The molecule has 0 spiro atoms. The zero-order valence-electron chi connectivity index (χ0n) is 13.0. The van der Waals surface area contributed by atoms with E-state index in [0.717, 1.165) is 18.0 Å². The maximum atomic E-state index is 5.27. The molecule has 0 radical (unpaired) electrons. The molecule has 4 unspecified atom stereocenters. The number of hydrogen-bond acceptors (Lipinski definition) is 4. The monoisotopic (exact) mass is 265 g/mol. The Labute approximate surface area is 116 Å². The number of nitrogens with one attached hydrogen (secondary N) is 1. The number of likely N-dealkylation sites (tertiary alicyclic amines) is 1. The molecule has 0 amide bonds. The maximum Gasteiger partial charge on any atom is 0.138 e. The van der Waals surface area contributed by atoms with Gasteiger partial charge in [0.2, 0.25) is 0 Å². The van der Waals surface area contributed by atoms with Crippen LogP contribution in [0.5, 0.6) is 0 Å². The van der Waals surface area contributed by atoms with E-state index in [9.17, 15) is 0 Å². The molecule has 1 aromatic rings. The van der Waals surface area contributed by atoms with Gasteiger partial charge in [0.15, 0.2) is 0 Å². The molecule has 1 saturated heterocycles. The summed E-state index contributed by atoms with van der Waals surface area (Å²) in [5, 5.41) is 7.83. The Kier molecular flexibility index (Phi) is 4.31. The number of piperidine rings is 1. The van der Waals surface area contributed by atoms with E-state index in [-0.39, 0.29) is 0 Å². The molecule has 1 aromatic heterocycles. The van der Waals surface area contributed by atoms with Crippen molar-refractivity contribution >= 4 is 0 Å². The standard InChI is InChI=1S/C15H27N3O/c1-9-8-18(6)10(2)7-14(9)16-11(3)15-12(4)17-19-13(15)5/h9-11,14,16H,7-8H2,1-6H3. The van der Waals surface area contributed by atoms with Crippen molar-refractivity contribution in [2.24, 2.45) is 5.92 Å². The van der Waals surface area contributed by atoms with E-state index in [1.54, 1.807) is 0 Å². The van der Waals surface area contributed by atoms with Crippen LogP contribution in [0.15, 0.2) is 4.52 Å². The molecule has 1 N–H and O–H groups in total. The van der Waals surface area contributed by atoms with Gasteiger partial charge < -0.3 is 14.7 Å². The lowest BCUT2D eigenvalue weighted by atomic mass is 9.89. The van der Waals surface area contributed by atoms with E-state index in [1.807, 2.05) is 13.8 Å². The summed E-state index contributed by atoms with van der Waals surface area (Å²) in [5.74, 6) is 1.61. The highest BCUT2D eigenvalue weighted by atomic mass is 16.5. The minimum atomic E-state index is 0.300. The van der Waals surface area contributed by atoms with Gasteiger partial charge in [0.05, 0.1) is 5.69 Å². The van der Waals surface area contributed by atoms with Gasteiger partial charge in [-0.1, -0.05) is 12.1 Å². The number of aryl methyl sites for hydroxylation is 2. The average molecular weight is 265 g/mol. The summed E-state index contributed by atoms with van der Waals surface area (Å²) in [6.45, 7) is 12.0. The van der Waals surface area contributed by atoms with Crippen molar-refractivity contribution in [2.45, 2.75) is 59.2 Å². The first-order chi connectivity index (χ1) is 8.90. The molecule has 1 aliphatic heterocycles. The van der Waals surface area contributed by atoms with Crippen LogP contribution in [0.1, 0.15) is 50.3 Å². The molecule has 0 saturated carbocycles. The highest BCUT2D eigenvalue weighted by Crippen LogP contribution is 2.26. The summed E-state index contributed by atoms with van der Waals surface area (Å²) < 4.78 is 5.27. The Morgan fingerprint density at radius 1 is 1.37 bits per heavy atom. The average Bonchev–Trinajstić information content (AvgIpc) is 2.66. The molecule has 4 nitrogen and oxygen atoms in total. The van der Waals surface area contributed by atoms with Gasteiger partial charge in [-0.15, -0.1) is 0 Å². The number of rotatable bonds is 3. The van der Waals surface area contributed by atoms with Crippen molar-refractivity contribution < 1.29 is 4.52 Å². The van der Waals surface area contributed by atoms with Crippen LogP contribution in [-0.4, -0.2) is 35.7 Å². The van der Waals surface area contributed by atoms with Gasteiger partial charge in [0.1, 0.15) is 5.76 Å². The van der Waals surface area contributed by atoms with Crippen molar-refractivity contribution in [3.63, 3.8) is 0 Å². The fourth-order valence-electron chi connectivity index (χ4n) is 3.29. The molecular weight excluding hydrogens is 238 g/mol. The first kappa shape index (κ1) is 14.5. The SMILES string of the molecule is Cc1noc(C)c1C(C)NC1CC(C)N(C)CC1C. The lowest BCUT2D eigenvalue weighted by Gasteiger charge is -2.41. The number of nitrogens with zero attached hydrogens (tertiary/aromatic N) is 2. The Hall–Kier alpha value is -0.870. The zero-order valence-corrected chi connectivity index (χ0v) is 13.0. The molecule has 4 heteroatoms. The van der Waals surface area contributed by atoms with E-state index in [0.29, 0.717) is 24.0 Å². The van der Waals surface area contributed by atoms with Crippen LogP contribution in [0.3, 0.4) is 0 Å². The molecule has 0 aromatic carbocycles. The summed E-state index contributed by atoms with van der Waals surface area (Å²) in [6.07, 6.45) is 1.20. The predicted molar refractivity (Wildman–Crippen MR) is 77.2 cm³/mol. The molecule has 2 rings (SSSR count). The van der Waals surface area contributed by atoms with Gasteiger partial charge in [-0.25, -0.2) is 0 Å². The van der Waals surface area contributed by atoms with Crippen LogP contribution in [0.25, 0.3) is 0 Å². The number of hydrogen-bond donors (Lipinski definition) is 1. The minimum Gasteiger partial charge on any atom is -0.361 e. The fourth-order valence-corrected chi connectivity index (χ4v) is 3.29. The lowest BCUT2D eigenvalue weighted by molar-refractivity contribution is 0.116. The highest BCUT2D eigenvalue weighted by molar-refractivity contribution is 5.24. The maximum absolute atomic E-state index is 5.27. The second kappa shape index (κ2) is 5.63. The van der Waals surface area contributed by atoms with Crippen molar-refractivity contribution in [1.29, 1.82) is 0 Å². The quantitative estimate of drug-likeness (QED) is 0.912. The molecule has 1 aliphatic rings.